The molecule has 0 rings (SSSR count). The van der Waals surface area contributed by atoms with Crippen LogP contribution in [-0.4, -0.2) is 73.4 Å². The largest absolute Gasteiger partial charge is 0.472 e. The van der Waals surface area contributed by atoms with Crippen LogP contribution in [0.2, 0.25) is 0 Å². The number of carbonyl (C=O) groups excluding carboxylic acids is 1. The Morgan fingerprint density at radius 3 is 1.35 bits per heavy atom. The number of amides is 1. The van der Waals surface area contributed by atoms with E-state index in [0.29, 0.717) is 17.4 Å². The van der Waals surface area contributed by atoms with Crippen molar-refractivity contribution in [3.05, 3.63) is 122 Å². The molecule has 0 aromatic rings. The first-order valence-electron chi connectivity index (χ1n) is 26.9. The summed E-state index contributed by atoms with van der Waals surface area (Å²) in [6, 6.07) is -0.869. The molecule has 0 aliphatic heterocycles. The molecule has 388 valence electrons. The lowest BCUT2D eigenvalue weighted by Crippen LogP contribution is -2.45. The molecule has 9 heteroatoms. The van der Waals surface area contributed by atoms with Gasteiger partial charge in [-0.1, -0.05) is 212 Å². The lowest BCUT2D eigenvalue weighted by Gasteiger charge is -2.25. The monoisotopic (exact) mass is 966 g/mol. The molecule has 3 unspecified atom stereocenters. The molecular formula is C59H102N2O6P+. The van der Waals surface area contributed by atoms with E-state index in [4.69, 9.17) is 9.05 Å². The van der Waals surface area contributed by atoms with Crippen LogP contribution < -0.4 is 5.32 Å². The number of phosphoric acid groups is 1. The number of aliphatic hydroxyl groups excluding tert-OH is 1. The third-order valence-electron chi connectivity index (χ3n) is 11.2. The summed E-state index contributed by atoms with van der Waals surface area (Å²) in [7, 11) is 1.53. The zero-order valence-corrected chi connectivity index (χ0v) is 44.9. The summed E-state index contributed by atoms with van der Waals surface area (Å²) in [6.07, 6.45) is 73.2. The lowest BCUT2D eigenvalue weighted by molar-refractivity contribution is -0.870. The van der Waals surface area contributed by atoms with Crippen molar-refractivity contribution >= 4 is 13.7 Å². The van der Waals surface area contributed by atoms with Crippen LogP contribution in [0.25, 0.3) is 0 Å². The number of likely N-dealkylation sites (N-methyl/N-ethyl adjacent to an activating group) is 1. The van der Waals surface area contributed by atoms with Gasteiger partial charge in [-0.2, -0.15) is 0 Å². The predicted octanol–water partition coefficient (Wildman–Crippen LogP) is 16.2. The average Bonchev–Trinajstić information content (AvgIpc) is 3.30. The van der Waals surface area contributed by atoms with Gasteiger partial charge in [-0.25, -0.2) is 4.57 Å². The number of allylic oxidation sites excluding steroid dienone is 19. The molecule has 0 aromatic heterocycles. The number of aliphatic hydroxyl groups is 1. The van der Waals surface area contributed by atoms with Crippen molar-refractivity contribution < 1.29 is 32.9 Å². The zero-order valence-electron chi connectivity index (χ0n) is 44.0. The molecule has 8 nitrogen and oxygen atoms in total. The number of hydrogen-bond donors (Lipinski definition) is 3. The second-order valence-electron chi connectivity index (χ2n) is 18.9. The lowest BCUT2D eigenvalue weighted by atomic mass is 10.0. The highest BCUT2D eigenvalue weighted by molar-refractivity contribution is 7.47. The fraction of sp³-hybridized carbons (Fsp3) is 0.644. The number of rotatable bonds is 47. The van der Waals surface area contributed by atoms with Crippen LogP contribution in [0.1, 0.15) is 194 Å². The quantitative estimate of drug-likeness (QED) is 0.0243. The normalized spacial score (nSPS) is 15.0. The van der Waals surface area contributed by atoms with Crippen molar-refractivity contribution in [3.63, 3.8) is 0 Å². The number of unbranched alkanes of at least 4 members (excludes halogenated alkanes) is 16. The Morgan fingerprint density at radius 2 is 0.897 bits per heavy atom. The van der Waals surface area contributed by atoms with Crippen molar-refractivity contribution in [2.24, 2.45) is 0 Å². The van der Waals surface area contributed by atoms with Gasteiger partial charge in [0, 0.05) is 6.42 Å². The molecule has 0 saturated carbocycles. The Bertz CT molecular complexity index is 1510. The Labute approximate surface area is 418 Å². The van der Waals surface area contributed by atoms with E-state index in [9.17, 15) is 19.4 Å². The van der Waals surface area contributed by atoms with E-state index in [1.165, 1.54) is 83.5 Å². The van der Waals surface area contributed by atoms with Gasteiger partial charge in [-0.15, -0.1) is 0 Å². The molecule has 0 fully saturated rings. The van der Waals surface area contributed by atoms with Crippen molar-refractivity contribution in [2.75, 3.05) is 40.9 Å². The van der Waals surface area contributed by atoms with Gasteiger partial charge in [-0.05, 0) is 96.3 Å². The molecule has 0 radical (unpaired) electrons. The maximum absolute atomic E-state index is 12.9. The maximum atomic E-state index is 12.9. The molecule has 0 aliphatic rings. The van der Waals surface area contributed by atoms with Gasteiger partial charge in [0.1, 0.15) is 13.2 Å². The minimum absolute atomic E-state index is 0.0501. The summed E-state index contributed by atoms with van der Waals surface area (Å²) in [5.74, 6) is -0.198. The highest BCUT2D eigenvalue weighted by Crippen LogP contribution is 2.43. The Balaban J connectivity index is 4.03. The molecular weight excluding hydrogens is 864 g/mol. The van der Waals surface area contributed by atoms with Crippen LogP contribution in [0.15, 0.2) is 122 Å². The van der Waals surface area contributed by atoms with Crippen molar-refractivity contribution in [2.45, 2.75) is 206 Å². The molecule has 3 atom stereocenters. The summed E-state index contributed by atoms with van der Waals surface area (Å²) < 4.78 is 23.5. The van der Waals surface area contributed by atoms with E-state index in [0.717, 1.165) is 89.9 Å². The molecule has 0 heterocycles. The Hall–Kier alpha value is -3.10. The van der Waals surface area contributed by atoms with Gasteiger partial charge < -0.3 is 19.8 Å². The highest BCUT2D eigenvalue weighted by Gasteiger charge is 2.27. The van der Waals surface area contributed by atoms with Crippen molar-refractivity contribution in [3.8, 4) is 0 Å². The van der Waals surface area contributed by atoms with Crippen LogP contribution in [0.4, 0.5) is 0 Å². The minimum Gasteiger partial charge on any atom is -0.387 e. The number of phosphoric ester groups is 1. The van der Waals surface area contributed by atoms with Gasteiger partial charge in [0.2, 0.25) is 5.91 Å². The van der Waals surface area contributed by atoms with Crippen LogP contribution in [0, 0.1) is 0 Å². The van der Waals surface area contributed by atoms with Crippen molar-refractivity contribution in [1.29, 1.82) is 0 Å². The molecule has 0 saturated heterocycles. The fourth-order valence-electron chi connectivity index (χ4n) is 6.95. The maximum Gasteiger partial charge on any atom is 0.472 e. The Kier molecular flexibility index (Phi) is 46.7. The molecule has 3 N–H and O–H groups in total. The number of quaternary nitrogens is 1. The van der Waals surface area contributed by atoms with Gasteiger partial charge in [-0.3, -0.25) is 13.8 Å². The Morgan fingerprint density at radius 1 is 0.515 bits per heavy atom. The standard InChI is InChI=1S/C59H101N2O6P/c1-6-8-10-12-14-16-17-18-19-20-21-22-23-24-25-26-27-28-29-30-31-32-33-34-35-36-37-38-39-40-41-42-43-45-47-49-51-53-59(63)60-57(56-67-68(64,65)66-55-54-61(3,4)5)58(62)52-50-48-46-44-15-13-11-9-7-2/h8,10,14-16,18-19,21-22,24-25,27-28,30-31,33-34,44,50,52,57-58,62H,6-7,9,11-13,17,20,23,26,29,32,35-43,45-49,51,53-56H2,1-5H3,(H-,60,63,64,65)/p+1/b10-8-,16-14-,19-18-,22-21-,25-24-,28-27-,31-30-,34-33-,44-15+,52-50+. The van der Waals surface area contributed by atoms with E-state index in [1.54, 1.807) is 6.08 Å². The summed E-state index contributed by atoms with van der Waals surface area (Å²) >= 11 is 0. The number of nitrogens with one attached hydrogen (secondary N) is 1. The molecule has 68 heavy (non-hydrogen) atoms. The summed E-state index contributed by atoms with van der Waals surface area (Å²) in [5.41, 5.74) is 0. The van der Waals surface area contributed by atoms with E-state index in [2.05, 4.69) is 129 Å². The number of hydrogen-bond acceptors (Lipinski definition) is 5. The second-order valence-corrected chi connectivity index (χ2v) is 20.3. The van der Waals surface area contributed by atoms with Crippen LogP contribution >= 0.6 is 7.82 Å². The molecule has 0 aliphatic carbocycles. The first kappa shape index (κ1) is 64.9. The summed E-state index contributed by atoms with van der Waals surface area (Å²) in [5, 5.41) is 13.8. The van der Waals surface area contributed by atoms with E-state index in [1.807, 2.05) is 27.2 Å². The molecule has 0 spiro atoms. The van der Waals surface area contributed by atoms with Crippen molar-refractivity contribution in [1.82, 2.24) is 5.32 Å². The van der Waals surface area contributed by atoms with E-state index >= 15 is 0 Å². The van der Waals surface area contributed by atoms with Crippen LogP contribution in [0.3, 0.4) is 0 Å². The molecule has 0 aromatic carbocycles. The van der Waals surface area contributed by atoms with Gasteiger partial charge >= 0.3 is 7.82 Å². The van der Waals surface area contributed by atoms with Gasteiger partial charge in [0.05, 0.1) is 39.9 Å². The topological polar surface area (TPSA) is 105 Å². The van der Waals surface area contributed by atoms with E-state index < -0.39 is 20.0 Å². The third kappa shape index (κ3) is 50.8. The second kappa shape index (κ2) is 48.9. The predicted molar refractivity (Wildman–Crippen MR) is 295 cm³/mol. The number of carbonyl (C=O) groups is 1. The van der Waals surface area contributed by atoms with E-state index in [-0.39, 0.29) is 19.1 Å². The van der Waals surface area contributed by atoms with Gasteiger partial charge in [0.25, 0.3) is 0 Å². The number of nitrogens with zero attached hydrogens (tertiary/aromatic N) is 1. The zero-order chi connectivity index (χ0) is 49.9. The average molecular weight is 966 g/mol. The first-order chi connectivity index (χ1) is 33.0. The first-order valence-corrected chi connectivity index (χ1v) is 28.4. The third-order valence-corrected chi connectivity index (χ3v) is 12.1. The fourth-order valence-corrected chi connectivity index (χ4v) is 7.69. The highest BCUT2D eigenvalue weighted by atomic mass is 31.2. The smallest absolute Gasteiger partial charge is 0.387 e. The van der Waals surface area contributed by atoms with Gasteiger partial charge in [0.15, 0.2) is 0 Å². The summed E-state index contributed by atoms with van der Waals surface area (Å²) in [6.45, 7) is 4.60. The minimum atomic E-state index is -4.35. The SMILES string of the molecule is CC/C=C\C/C=C\C/C=C\C/C=C\C/C=C\C/C=C\C/C=C\C/C=C\CCCCCCCCCCCCCCC(=O)NC(COP(=O)(O)OCC[N+](C)(C)C)C(O)/C=C/CC/C=C/CCCCC. The van der Waals surface area contributed by atoms with Crippen LogP contribution in [0.5, 0.6) is 0 Å². The summed E-state index contributed by atoms with van der Waals surface area (Å²) in [4.78, 5) is 23.1. The van der Waals surface area contributed by atoms with Crippen LogP contribution in [-0.2, 0) is 18.4 Å². The molecule has 1 amide bonds. The molecule has 0 bridgehead atoms.